The van der Waals surface area contributed by atoms with Crippen molar-refractivity contribution in [1.82, 2.24) is 0 Å². The monoisotopic (exact) mass is 392 g/mol. The molecule has 0 heterocycles. The molecule has 0 radical (unpaired) electrons. The fourth-order valence-electron chi connectivity index (χ4n) is 2.72. The van der Waals surface area contributed by atoms with Gasteiger partial charge in [0.05, 0.1) is 0 Å². The van der Waals surface area contributed by atoms with E-state index in [4.69, 9.17) is 4.43 Å². The van der Waals surface area contributed by atoms with Crippen molar-refractivity contribution >= 4 is 13.9 Å². The van der Waals surface area contributed by atoms with Gasteiger partial charge in [-0.1, -0.05) is 92.6 Å². The molecular formula is C26H29LiOSi. The van der Waals surface area contributed by atoms with Crippen LogP contribution in [0.1, 0.15) is 37.5 Å². The van der Waals surface area contributed by atoms with Crippen LogP contribution < -0.4 is 23.3 Å². The molecule has 0 fully saturated rings. The molecule has 144 valence electrons. The Morgan fingerprint density at radius 3 is 1.72 bits per heavy atom. The standard InChI is InChI=1S/C26H29OSi.Li/c1-26(2,3)28(4,5)27-24-18-16-23(17-19-24)25(22-14-10-7-11-15-22)20-21-12-8-6-9-13-21;/h6-19H,1-5H3;/q-1;+1. The second-order valence-corrected chi connectivity index (χ2v) is 13.3. The van der Waals surface area contributed by atoms with E-state index in [0.717, 1.165) is 28.0 Å². The van der Waals surface area contributed by atoms with Gasteiger partial charge in [0, 0.05) is 0 Å². The van der Waals surface area contributed by atoms with Crippen LogP contribution in [0.25, 0.3) is 5.57 Å². The van der Waals surface area contributed by atoms with Crippen molar-refractivity contribution in [3.63, 3.8) is 0 Å². The topological polar surface area (TPSA) is 9.23 Å². The van der Waals surface area contributed by atoms with Crippen molar-refractivity contribution < 1.29 is 23.3 Å². The second kappa shape index (κ2) is 9.68. The van der Waals surface area contributed by atoms with E-state index in [1.54, 1.807) is 0 Å². The molecule has 0 saturated carbocycles. The Kier molecular flexibility index (Phi) is 7.77. The average Bonchev–Trinajstić information content (AvgIpc) is 2.67. The molecular weight excluding hydrogens is 363 g/mol. The minimum atomic E-state index is -1.84. The maximum absolute atomic E-state index is 6.43. The summed E-state index contributed by atoms with van der Waals surface area (Å²) < 4.78 is 6.43. The first kappa shape index (κ1) is 23.3. The van der Waals surface area contributed by atoms with E-state index in [1.807, 2.05) is 24.3 Å². The number of rotatable bonds is 5. The van der Waals surface area contributed by atoms with E-state index < -0.39 is 8.32 Å². The Labute approximate surface area is 189 Å². The summed E-state index contributed by atoms with van der Waals surface area (Å²) in [4.78, 5) is 0. The molecule has 1 nitrogen and oxygen atoms in total. The fourth-order valence-corrected chi connectivity index (χ4v) is 3.75. The molecule has 0 spiro atoms. The Morgan fingerprint density at radius 1 is 0.724 bits per heavy atom. The minimum Gasteiger partial charge on any atom is -0.544 e. The van der Waals surface area contributed by atoms with Crippen LogP contribution in [0.5, 0.6) is 5.75 Å². The minimum absolute atomic E-state index is 0. The van der Waals surface area contributed by atoms with Crippen molar-refractivity contribution in [3.05, 3.63) is 108 Å². The number of benzene rings is 3. The second-order valence-electron chi connectivity index (χ2n) is 8.62. The zero-order chi connectivity index (χ0) is 20.2. The number of hydrogen-bond acceptors (Lipinski definition) is 1. The van der Waals surface area contributed by atoms with Gasteiger partial charge in [0.2, 0.25) is 8.32 Å². The molecule has 3 rings (SSSR count). The molecule has 0 aliphatic rings. The van der Waals surface area contributed by atoms with E-state index in [0.29, 0.717) is 0 Å². The van der Waals surface area contributed by atoms with Gasteiger partial charge in [-0.2, -0.15) is 0 Å². The summed E-state index contributed by atoms with van der Waals surface area (Å²) in [5.41, 5.74) is 4.45. The Bertz CT molecular complexity index is 924. The van der Waals surface area contributed by atoms with E-state index in [9.17, 15) is 0 Å². The summed E-state index contributed by atoms with van der Waals surface area (Å²) in [5, 5.41) is 0.182. The van der Waals surface area contributed by atoms with Crippen LogP contribution in [0.3, 0.4) is 0 Å². The maximum atomic E-state index is 6.43. The molecule has 0 aromatic heterocycles. The van der Waals surface area contributed by atoms with Gasteiger partial charge in [-0.3, -0.25) is 0 Å². The molecule has 0 N–H and O–H groups in total. The van der Waals surface area contributed by atoms with Crippen LogP contribution in [0, 0.1) is 6.08 Å². The van der Waals surface area contributed by atoms with Gasteiger partial charge in [0.1, 0.15) is 5.75 Å². The van der Waals surface area contributed by atoms with E-state index >= 15 is 0 Å². The van der Waals surface area contributed by atoms with E-state index in [1.165, 1.54) is 0 Å². The molecule has 0 saturated heterocycles. The summed E-state index contributed by atoms with van der Waals surface area (Å²) in [7, 11) is -1.84. The van der Waals surface area contributed by atoms with Gasteiger partial charge < -0.3 is 4.43 Å². The van der Waals surface area contributed by atoms with Gasteiger partial charge in [-0.25, -0.2) is 0 Å². The SMILES string of the molecule is CC(C)(C)[Si](C)(C)Oc1ccc(C(=[C-]c2ccccc2)c2ccccc2)cc1.[Li+]. The van der Waals surface area contributed by atoms with Crippen molar-refractivity contribution in [2.24, 2.45) is 0 Å². The van der Waals surface area contributed by atoms with Crippen LogP contribution in [-0.4, -0.2) is 8.32 Å². The number of hydrogen-bond donors (Lipinski definition) is 0. The van der Waals surface area contributed by atoms with Gasteiger partial charge in [0.25, 0.3) is 0 Å². The Hall–Kier alpha value is -1.99. The van der Waals surface area contributed by atoms with Crippen molar-refractivity contribution in [1.29, 1.82) is 0 Å². The molecule has 0 aliphatic carbocycles. The van der Waals surface area contributed by atoms with Gasteiger partial charge in [0.15, 0.2) is 0 Å². The normalized spacial score (nSPS) is 12.2. The maximum Gasteiger partial charge on any atom is 1.00 e. The van der Waals surface area contributed by atoms with Crippen LogP contribution in [0.4, 0.5) is 0 Å². The van der Waals surface area contributed by atoms with Gasteiger partial charge >= 0.3 is 18.9 Å². The summed E-state index contributed by atoms with van der Waals surface area (Å²) in [5.74, 6) is 0.947. The van der Waals surface area contributed by atoms with Crippen molar-refractivity contribution in [2.45, 2.75) is 38.9 Å². The predicted molar refractivity (Wildman–Crippen MR) is 122 cm³/mol. The predicted octanol–water partition coefficient (Wildman–Crippen LogP) is 4.36. The third-order valence-corrected chi connectivity index (χ3v) is 9.79. The first-order valence-corrected chi connectivity index (χ1v) is 12.7. The summed E-state index contributed by atoms with van der Waals surface area (Å²) in [6, 6.07) is 29.2. The quantitative estimate of drug-likeness (QED) is 0.356. The molecule has 0 atom stereocenters. The van der Waals surface area contributed by atoms with E-state index in [2.05, 4.69) is 101 Å². The van der Waals surface area contributed by atoms with Crippen LogP contribution in [0.15, 0.2) is 84.9 Å². The Balaban J connectivity index is 0.00000300. The summed E-state index contributed by atoms with van der Waals surface area (Å²) >= 11 is 0. The van der Waals surface area contributed by atoms with Gasteiger partial charge in [-0.15, -0.1) is 29.3 Å². The van der Waals surface area contributed by atoms with Crippen LogP contribution >= 0.6 is 0 Å². The average molecular weight is 393 g/mol. The third-order valence-electron chi connectivity index (χ3n) is 5.43. The molecule has 3 aromatic rings. The molecule has 3 aromatic carbocycles. The first-order chi connectivity index (χ1) is 13.3. The summed E-state index contributed by atoms with van der Waals surface area (Å²) in [6.07, 6.45) is 3.59. The zero-order valence-corrected chi connectivity index (χ0v) is 19.5. The zero-order valence-electron chi connectivity index (χ0n) is 18.5. The smallest absolute Gasteiger partial charge is 0.544 e. The Morgan fingerprint density at radius 2 is 1.21 bits per heavy atom. The van der Waals surface area contributed by atoms with Crippen LogP contribution in [0.2, 0.25) is 18.1 Å². The first-order valence-electron chi connectivity index (χ1n) is 9.80. The van der Waals surface area contributed by atoms with Gasteiger partial charge in [-0.05, 0) is 30.3 Å². The molecule has 29 heavy (non-hydrogen) atoms. The van der Waals surface area contributed by atoms with Crippen molar-refractivity contribution in [2.75, 3.05) is 0 Å². The van der Waals surface area contributed by atoms with E-state index in [-0.39, 0.29) is 23.9 Å². The van der Waals surface area contributed by atoms with Crippen molar-refractivity contribution in [3.8, 4) is 5.75 Å². The fraction of sp³-hybridized carbons (Fsp3) is 0.231. The molecule has 0 aliphatic heterocycles. The molecule has 0 bridgehead atoms. The molecule has 3 heteroatoms. The van der Waals surface area contributed by atoms with Crippen LogP contribution in [-0.2, 0) is 0 Å². The largest absolute Gasteiger partial charge is 1.00 e. The summed E-state index contributed by atoms with van der Waals surface area (Å²) in [6.45, 7) is 11.3. The molecule has 0 amide bonds. The molecule has 0 unspecified atom stereocenters. The third kappa shape index (κ3) is 6.00.